The molecule has 0 aromatic heterocycles. The fourth-order valence-corrected chi connectivity index (χ4v) is 2.81. The summed E-state index contributed by atoms with van der Waals surface area (Å²) in [4.78, 5) is 37.3. The van der Waals surface area contributed by atoms with Gasteiger partial charge in [-0.3, -0.25) is 14.4 Å². The number of hydrogen-bond donors (Lipinski definition) is 1. The molecule has 1 aromatic rings. The number of carbonyl (C=O) groups excluding carboxylic acids is 3. The van der Waals surface area contributed by atoms with Crippen molar-refractivity contribution in [3.63, 3.8) is 0 Å². The van der Waals surface area contributed by atoms with Crippen LogP contribution in [0.3, 0.4) is 0 Å². The van der Waals surface area contributed by atoms with Gasteiger partial charge in [0, 0.05) is 27.0 Å². The van der Waals surface area contributed by atoms with Crippen molar-refractivity contribution >= 4 is 17.7 Å². The molecule has 0 saturated heterocycles. The van der Waals surface area contributed by atoms with Gasteiger partial charge < -0.3 is 19.5 Å². The van der Waals surface area contributed by atoms with Crippen LogP contribution in [0.1, 0.15) is 31.9 Å². The van der Waals surface area contributed by atoms with Crippen molar-refractivity contribution in [3.05, 3.63) is 41.2 Å². The Balaban J connectivity index is 2.49. The first-order valence-electron chi connectivity index (χ1n) is 7.95. The van der Waals surface area contributed by atoms with Crippen molar-refractivity contribution in [1.82, 2.24) is 4.90 Å². The highest BCUT2D eigenvalue weighted by molar-refractivity contribution is 6.08. The molecular weight excluding hydrogens is 326 g/mol. The molecule has 134 valence electrons. The molecule has 1 aromatic carbocycles. The van der Waals surface area contributed by atoms with E-state index in [-0.39, 0.29) is 30.9 Å². The van der Waals surface area contributed by atoms with Gasteiger partial charge in [-0.05, 0) is 17.7 Å². The van der Waals surface area contributed by atoms with Crippen molar-refractivity contribution in [3.8, 4) is 5.75 Å². The average Bonchev–Trinajstić information content (AvgIpc) is 2.83. The third-order valence-corrected chi connectivity index (χ3v) is 3.90. The predicted molar refractivity (Wildman–Crippen MR) is 89.0 cm³/mol. The Kier molecular flexibility index (Phi) is 5.93. The minimum absolute atomic E-state index is 0.0589. The number of benzene rings is 1. The van der Waals surface area contributed by atoms with E-state index in [1.165, 1.54) is 18.9 Å². The lowest BCUT2D eigenvalue weighted by Gasteiger charge is -2.26. The summed E-state index contributed by atoms with van der Waals surface area (Å²) in [6, 6.07) is 5.82. The molecule has 0 fully saturated rings. The number of esters is 1. The third kappa shape index (κ3) is 3.88. The maximum atomic E-state index is 12.4. The van der Waals surface area contributed by atoms with Crippen molar-refractivity contribution < 1.29 is 29.0 Å². The second-order valence-electron chi connectivity index (χ2n) is 5.60. The number of methoxy groups -OCH3 is 1. The van der Waals surface area contributed by atoms with Crippen molar-refractivity contribution in [2.45, 2.75) is 26.3 Å². The Hall–Kier alpha value is -2.67. The van der Waals surface area contributed by atoms with E-state index in [0.717, 1.165) is 0 Å². The zero-order valence-electron chi connectivity index (χ0n) is 14.4. The van der Waals surface area contributed by atoms with Crippen molar-refractivity contribution in [1.29, 1.82) is 0 Å². The standard InChI is InChI=1S/C18H21NO6/c1-4-14(21)15-16(19(8-9-24-3)18(23)17(15)22)12-6-5-7-13(10-12)25-11(2)20/h5-7,10,16,22H,4,8-9H2,1-3H3. The number of Topliss-reactive ketones (excluding diaryl/α,β-unsaturated/α-hetero) is 1. The van der Waals surface area contributed by atoms with Crippen molar-refractivity contribution in [2.24, 2.45) is 0 Å². The smallest absolute Gasteiger partial charge is 0.308 e. The van der Waals surface area contributed by atoms with Crippen LogP contribution in [0, 0.1) is 0 Å². The summed E-state index contributed by atoms with van der Waals surface area (Å²) < 4.78 is 10.1. The molecule has 25 heavy (non-hydrogen) atoms. The van der Waals surface area contributed by atoms with Gasteiger partial charge in [-0.2, -0.15) is 0 Å². The van der Waals surface area contributed by atoms with E-state index in [2.05, 4.69) is 0 Å². The molecular formula is C18H21NO6. The highest BCUT2D eigenvalue weighted by atomic mass is 16.5. The van der Waals surface area contributed by atoms with E-state index in [1.807, 2.05) is 0 Å². The molecule has 1 aliphatic heterocycles. The molecule has 1 aliphatic rings. The number of ketones is 1. The van der Waals surface area contributed by atoms with E-state index >= 15 is 0 Å². The van der Waals surface area contributed by atoms with Gasteiger partial charge in [0.1, 0.15) is 5.75 Å². The number of ether oxygens (including phenoxy) is 2. The molecule has 7 heteroatoms. The molecule has 0 saturated carbocycles. The topological polar surface area (TPSA) is 93.1 Å². The number of hydrogen-bond acceptors (Lipinski definition) is 6. The van der Waals surface area contributed by atoms with E-state index in [4.69, 9.17) is 9.47 Å². The van der Waals surface area contributed by atoms with Gasteiger partial charge in [-0.1, -0.05) is 19.1 Å². The molecule has 2 rings (SSSR count). The number of nitrogens with zero attached hydrogens (tertiary/aromatic N) is 1. The van der Waals surface area contributed by atoms with E-state index in [9.17, 15) is 19.5 Å². The minimum atomic E-state index is -0.745. The Morgan fingerprint density at radius 2 is 2.04 bits per heavy atom. The van der Waals surface area contributed by atoms with Crippen LogP contribution in [0.4, 0.5) is 0 Å². The quantitative estimate of drug-likeness (QED) is 0.598. The lowest BCUT2D eigenvalue weighted by molar-refractivity contribution is -0.132. The van der Waals surface area contributed by atoms with Gasteiger partial charge in [0.05, 0.1) is 18.2 Å². The first kappa shape index (κ1) is 18.7. The second kappa shape index (κ2) is 7.94. The van der Waals surface area contributed by atoms with Gasteiger partial charge in [-0.25, -0.2) is 0 Å². The molecule has 1 unspecified atom stereocenters. The summed E-state index contributed by atoms with van der Waals surface area (Å²) >= 11 is 0. The number of rotatable bonds is 7. The highest BCUT2D eigenvalue weighted by Crippen LogP contribution is 2.38. The van der Waals surface area contributed by atoms with Crippen LogP contribution in [-0.4, -0.2) is 47.9 Å². The van der Waals surface area contributed by atoms with Crippen LogP contribution in [0.2, 0.25) is 0 Å². The van der Waals surface area contributed by atoms with Crippen LogP contribution in [0.15, 0.2) is 35.6 Å². The Morgan fingerprint density at radius 1 is 1.32 bits per heavy atom. The van der Waals surface area contributed by atoms with Crippen LogP contribution < -0.4 is 4.74 Å². The maximum absolute atomic E-state index is 12.4. The monoisotopic (exact) mass is 347 g/mol. The van der Waals surface area contributed by atoms with E-state index in [0.29, 0.717) is 11.3 Å². The van der Waals surface area contributed by atoms with Gasteiger partial charge in [0.25, 0.3) is 5.91 Å². The van der Waals surface area contributed by atoms with Gasteiger partial charge in [0.2, 0.25) is 0 Å². The summed E-state index contributed by atoms with van der Waals surface area (Å²) in [6.07, 6.45) is 0.158. The summed E-state index contributed by atoms with van der Waals surface area (Å²) in [6.45, 7) is 3.42. The SMILES string of the molecule is CCC(=O)C1=C(O)C(=O)N(CCOC)C1c1cccc(OC(C)=O)c1. The molecule has 1 amide bonds. The van der Waals surface area contributed by atoms with Gasteiger partial charge >= 0.3 is 5.97 Å². The van der Waals surface area contributed by atoms with Crippen molar-refractivity contribution in [2.75, 3.05) is 20.3 Å². The third-order valence-electron chi connectivity index (χ3n) is 3.90. The Labute approximate surface area is 145 Å². The number of amides is 1. The maximum Gasteiger partial charge on any atom is 0.308 e. The molecule has 0 spiro atoms. The van der Waals surface area contributed by atoms with E-state index in [1.54, 1.807) is 31.2 Å². The number of aliphatic hydroxyl groups excluding tert-OH is 1. The molecule has 1 N–H and O–H groups in total. The van der Waals surface area contributed by atoms with Gasteiger partial charge in [-0.15, -0.1) is 0 Å². The summed E-state index contributed by atoms with van der Waals surface area (Å²) in [5.74, 6) is -1.63. The summed E-state index contributed by atoms with van der Waals surface area (Å²) in [7, 11) is 1.50. The molecule has 0 aliphatic carbocycles. The van der Waals surface area contributed by atoms with Gasteiger partial charge in [0.15, 0.2) is 11.5 Å². The molecule has 1 heterocycles. The fraction of sp³-hybridized carbons (Fsp3) is 0.389. The summed E-state index contributed by atoms with van der Waals surface area (Å²) in [5, 5.41) is 10.2. The Morgan fingerprint density at radius 3 is 2.64 bits per heavy atom. The zero-order chi connectivity index (χ0) is 18.6. The normalized spacial score (nSPS) is 17.2. The van der Waals surface area contributed by atoms with Crippen LogP contribution >= 0.6 is 0 Å². The largest absolute Gasteiger partial charge is 0.503 e. The lowest BCUT2D eigenvalue weighted by atomic mass is 9.95. The molecule has 0 bridgehead atoms. The van der Waals surface area contributed by atoms with Crippen LogP contribution in [0.25, 0.3) is 0 Å². The second-order valence-corrected chi connectivity index (χ2v) is 5.60. The summed E-state index contributed by atoms with van der Waals surface area (Å²) in [5.41, 5.74) is 0.632. The average molecular weight is 347 g/mol. The highest BCUT2D eigenvalue weighted by Gasteiger charge is 2.42. The molecule has 7 nitrogen and oxygen atoms in total. The van der Waals surface area contributed by atoms with Crippen LogP contribution in [0.5, 0.6) is 5.75 Å². The first-order chi connectivity index (χ1) is 11.9. The van der Waals surface area contributed by atoms with Crippen LogP contribution in [-0.2, 0) is 19.1 Å². The van der Waals surface area contributed by atoms with E-state index < -0.39 is 23.7 Å². The first-order valence-corrected chi connectivity index (χ1v) is 7.95. The Bertz CT molecular complexity index is 724. The number of aliphatic hydroxyl groups is 1. The lowest BCUT2D eigenvalue weighted by Crippen LogP contribution is -2.34. The minimum Gasteiger partial charge on any atom is -0.503 e. The predicted octanol–water partition coefficient (Wildman–Crippen LogP) is 1.93. The number of carbonyl (C=O) groups is 3. The molecule has 0 radical (unpaired) electrons. The molecule has 1 atom stereocenters. The fourth-order valence-electron chi connectivity index (χ4n) is 2.81. The zero-order valence-corrected chi connectivity index (χ0v) is 14.4.